The number of amides is 1. The number of rotatable bonds is 5. The van der Waals surface area contributed by atoms with Gasteiger partial charge in [-0.25, -0.2) is 0 Å². The first kappa shape index (κ1) is 12.6. The Kier molecular flexibility index (Phi) is 5.80. The van der Waals surface area contributed by atoms with Gasteiger partial charge in [-0.3, -0.25) is 0 Å². The van der Waals surface area contributed by atoms with Crippen molar-refractivity contribution in [1.82, 2.24) is 3.86 Å². The zero-order valence-corrected chi connectivity index (χ0v) is 11.6. The molecular weight excluding hydrogens is 270 g/mol. The van der Waals surface area contributed by atoms with Crippen molar-refractivity contribution < 1.29 is 4.79 Å². The monoisotopic (exact) mass is 285 g/mol. The van der Waals surface area contributed by atoms with Crippen molar-refractivity contribution >= 4 is 37.6 Å². The van der Waals surface area contributed by atoms with E-state index in [0.29, 0.717) is 12.3 Å². The van der Waals surface area contributed by atoms with Gasteiger partial charge in [-0.05, 0) is 0 Å². The van der Waals surface area contributed by atoms with Gasteiger partial charge < -0.3 is 0 Å². The van der Waals surface area contributed by atoms with Gasteiger partial charge in [0.25, 0.3) is 0 Å². The third-order valence-electron chi connectivity index (χ3n) is 1.97. The summed E-state index contributed by atoms with van der Waals surface area (Å²) in [5.41, 5.74) is 0. The number of nitrogens with zero attached hydrogens (tertiary/aromatic N) is 1. The van der Waals surface area contributed by atoms with E-state index in [1.54, 1.807) is 0 Å². The standard InChI is InChI=1S/C11H14ClGeNO/c1-14(11(15)8-5-9-12)13-10-6-3-2-4-7-10/h2-4,6-7H,5,8-9H2,1H3. The molecule has 0 bridgehead atoms. The van der Waals surface area contributed by atoms with Crippen LogP contribution in [0.4, 0.5) is 0 Å². The van der Waals surface area contributed by atoms with Gasteiger partial charge in [0, 0.05) is 0 Å². The number of halogens is 1. The minimum absolute atomic E-state index is 0.208. The van der Waals surface area contributed by atoms with Crippen molar-refractivity contribution in [1.29, 1.82) is 0 Å². The second-order valence-electron chi connectivity index (χ2n) is 3.22. The van der Waals surface area contributed by atoms with Crippen LogP contribution < -0.4 is 4.40 Å². The third-order valence-corrected chi connectivity index (χ3v) is 4.70. The fourth-order valence-corrected chi connectivity index (χ4v) is 3.31. The molecule has 0 spiro atoms. The summed E-state index contributed by atoms with van der Waals surface area (Å²) in [4.78, 5) is 11.6. The van der Waals surface area contributed by atoms with E-state index in [4.69, 9.17) is 11.6 Å². The first-order chi connectivity index (χ1) is 7.24. The van der Waals surface area contributed by atoms with Gasteiger partial charge in [0.2, 0.25) is 0 Å². The van der Waals surface area contributed by atoms with E-state index in [9.17, 15) is 4.79 Å². The number of alkyl halides is 1. The Hall–Kier alpha value is -0.477. The van der Waals surface area contributed by atoms with Crippen LogP contribution in [0.5, 0.6) is 0 Å². The van der Waals surface area contributed by atoms with Gasteiger partial charge in [-0.15, -0.1) is 0 Å². The summed E-state index contributed by atoms with van der Waals surface area (Å²) in [5, 5.41) is 0. The van der Waals surface area contributed by atoms with Crippen LogP contribution in [0.2, 0.25) is 0 Å². The van der Waals surface area contributed by atoms with Crippen LogP contribution in [-0.4, -0.2) is 38.3 Å². The van der Waals surface area contributed by atoms with E-state index in [1.807, 2.05) is 29.1 Å². The molecule has 0 atom stereocenters. The average Bonchev–Trinajstić information content (AvgIpc) is 2.27. The average molecular weight is 284 g/mol. The summed E-state index contributed by atoms with van der Waals surface area (Å²) in [6, 6.07) is 10.2. The maximum absolute atomic E-state index is 11.6. The van der Waals surface area contributed by atoms with Gasteiger partial charge in [0.1, 0.15) is 0 Å². The Bertz CT molecular complexity index is 305. The SMILES string of the molecule is C[N]([Ge][c]1ccccc1)C(=O)CCCCl. The summed E-state index contributed by atoms with van der Waals surface area (Å²) in [7, 11) is 1.88. The molecule has 1 aromatic rings. The molecule has 2 nitrogen and oxygen atoms in total. The molecule has 0 saturated carbocycles. The van der Waals surface area contributed by atoms with E-state index in [2.05, 4.69) is 12.1 Å². The summed E-state index contributed by atoms with van der Waals surface area (Å²) in [5.74, 6) is 0.768. The first-order valence-electron chi connectivity index (χ1n) is 4.88. The number of carbonyl (C=O) groups excluding carboxylic acids is 1. The maximum atomic E-state index is 11.6. The molecule has 4 heteroatoms. The normalized spacial score (nSPS) is 10.0. The summed E-state index contributed by atoms with van der Waals surface area (Å²) >= 11 is 5.06. The van der Waals surface area contributed by atoms with Crippen molar-refractivity contribution in [2.24, 2.45) is 0 Å². The second-order valence-corrected chi connectivity index (χ2v) is 6.69. The molecule has 80 valence electrons. The Morgan fingerprint density at radius 1 is 1.40 bits per heavy atom. The van der Waals surface area contributed by atoms with Crippen molar-refractivity contribution in [3.63, 3.8) is 0 Å². The molecule has 0 saturated heterocycles. The molecule has 0 aliphatic rings. The molecule has 2 radical (unpaired) electrons. The van der Waals surface area contributed by atoms with E-state index in [1.165, 1.54) is 4.40 Å². The van der Waals surface area contributed by atoms with Gasteiger partial charge in [0.15, 0.2) is 0 Å². The molecule has 0 aromatic heterocycles. The molecule has 1 aromatic carbocycles. The molecule has 0 N–H and O–H groups in total. The van der Waals surface area contributed by atoms with E-state index < -0.39 is 15.7 Å². The molecule has 0 fully saturated rings. The predicted molar refractivity (Wildman–Crippen MR) is 64.6 cm³/mol. The van der Waals surface area contributed by atoms with Gasteiger partial charge >= 0.3 is 102 Å². The minimum atomic E-state index is -0.493. The van der Waals surface area contributed by atoms with Crippen LogP contribution in [0.1, 0.15) is 12.8 Å². The molecule has 1 rings (SSSR count). The molecule has 0 unspecified atom stereocenters. The summed E-state index contributed by atoms with van der Waals surface area (Å²) < 4.78 is 3.14. The van der Waals surface area contributed by atoms with Crippen molar-refractivity contribution in [3.8, 4) is 0 Å². The van der Waals surface area contributed by atoms with Crippen molar-refractivity contribution in [2.75, 3.05) is 12.9 Å². The van der Waals surface area contributed by atoms with Crippen LogP contribution in [0.3, 0.4) is 0 Å². The van der Waals surface area contributed by atoms with Crippen molar-refractivity contribution in [3.05, 3.63) is 30.3 Å². The fraction of sp³-hybridized carbons (Fsp3) is 0.364. The number of hydrogen-bond donors (Lipinski definition) is 0. The Labute approximate surface area is 102 Å². The molecule has 15 heavy (non-hydrogen) atoms. The molecule has 0 heterocycles. The van der Waals surface area contributed by atoms with E-state index in [0.717, 1.165) is 6.42 Å². The van der Waals surface area contributed by atoms with Crippen molar-refractivity contribution in [2.45, 2.75) is 12.8 Å². The Balaban J connectivity index is 2.41. The fourth-order valence-electron chi connectivity index (χ4n) is 1.15. The summed E-state index contributed by atoms with van der Waals surface area (Å²) in [6.07, 6.45) is 1.34. The molecule has 0 aliphatic carbocycles. The van der Waals surface area contributed by atoms with E-state index >= 15 is 0 Å². The third kappa shape index (κ3) is 4.71. The molecular formula is C11H14ClGeNO. The number of benzene rings is 1. The number of carbonyl (C=O) groups is 1. The zero-order chi connectivity index (χ0) is 11.1. The quantitative estimate of drug-likeness (QED) is 0.591. The van der Waals surface area contributed by atoms with Gasteiger partial charge in [-0.1, -0.05) is 0 Å². The molecule has 0 aliphatic heterocycles. The van der Waals surface area contributed by atoms with Crippen LogP contribution in [0.25, 0.3) is 0 Å². The Morgan fingerprint density at radius 3 is 2.67 bits per heavy atom. The predicted octanol–water partition coefficient (Wildman–Crippen LogP) is 1.41. The van der Waals surface area contributed by atoms with Gasteiger partial charge in [0.05, 0.1) is 0 Å². The number of hydrogen-bond acceptors (Lipinski definition) is 1. The van der Waals surface area contributed by atoms with Gasteiger partial charge in [-0.2, -0.15) is 0 Å². The molecule has 1 amide bonds. The van der Waals surface area contributed by atoms with Crippen LogP contribution in [0, 0.1) is 0 Å². The summed E-state index contributed by atoms with van der Waals surface area (Å²) in [6.45, 7) is 0. The zero-order valence-electron chi connectivity index (χ0n) is 8.74. The van der Waals surface area contributed by atoms with Crippen LogP contribution in [-0.2, 0) is 4.79 Å². The Morgan fingerprint density at radius 2 is 2.07 bits per heavy atom. The van der Waals surface area contributed by atoms with Crippen LogP contribution in [0.15, 0.2) is 30.3 Å². The second kappa shape index (κ2) is 6.91. The van der Waals surface area contributed by atoms with E-state index in [-0.39, 0.29) is 5.91 Å². The van der Waals surface area contributed by atoms with Crippen LogP contribution >= 0.6 is 11.6 Å². The first-order valence-corrected chi connectivity index (χ1v) is 7.40. The topological polar surface area (TPSA) is 20.3 Å².